The number of rotatable bonds is 2. The summed E-state index contributed by atoms with van der Waals surface area (Å²) in [5, 5.41) is 3.23. The number of hydrogen-bond acceptors (Lipinski definition) is 1. The van der Waals surface area contributed by atoms with E-state index >= 15 is 0 Å². The molecule has 0 heterocycles. The topological polar surface area (TPSA) is 29.1 Å². The summed E-state index contributed by atoms with van der Waals surface area (Å²) in [4.78, 5) is 13.6. The molecule has 3 aromatic carbocycles. The van der Waals surface area contributed by atoms with E-state index in [-0.39, 0.29) is 17.7 Å². The van der Waals surface area contributed by atoms with Crippen molar-refractivity contribution in [2.45, 2.75) is 39.0 Å². The molecule has 3 aromatic rings. The first-order valence-electron chi connectivity index (χ1n) is 10.1. The molecule has 2 bridgehead atoms. The highest BCUT2D eigenvalue weighted by molar-refractivity contribution is 5.97. The van der Waals surface area contributed by atoms with Crippen LogP contribution in [0.15, 0.2) is 66.7 Å². The second kappa shape index (κ2) is 6.07. The molecule has 0 fully saturated rings. The third-order valence-corrected chi connectivity index (χ3v) is 6.91. The van der Waals surface area contributed by atoms with Gasteiger partial charge in [-0.05, 0) is 72.7 Å². The molecule has 1 N–H and O–H groups in total. The summed E-state index contributed by atoms with van der Waals surface area (Å²) in [6, 6.07) is 23.5. The third-order valence-electron chi connectivity index (χ3n) is 6.91. The van der Waals surface area contributed by atoms with E-state index in [1.54, 1.807) is 0 Å². The van der Waals surface area contributed by atoms with Crippen molar-refractivity contribution in [2.75, 3.05) is 5.32 Å². The zero-order valence-electron chi connectivity index (χ0n) is 16.6. The number of fused-ring (bicyclic) bond motifs is 1. The lowest BCUT2D eigenvalue weighted by Gasteiger charge is -2.50. The molecule has 3 aliphatic rings. The van der Waals surface area contributed by atoms with Crippen LogP contribution in [0.2, 0.25) is 0 Å². The van der Waals surface area contributed by atoms with Crippen LogP contribution in [0.4, 0.5) is 5.69 Å². The minimum absolute atomic E-state index is 0.0939. The van der Waals surface area contributed by atoms with Crippen LogP contribution in [-0.2, 0) is 4.79 Å². The zero-order valence-corrected chi connectivity index (χ0v) is 16.6. The standard InChI is InChI=1S/C26H25NO/c1-16-12-13-18(14-17(16)2)27-25(28)26(3)15-23-19-8-4-6-10-21(19)24(26)22-11-7-5-9-20(22)23/h4-14,23-24H,15H2,1-3H3,(H,27,28)/t23?,24?,26-/m1/s1. The van der Waals surface area contributed by atoms with Crippen molar-refractivity contribution in [1.29, 1.82) is 0 Å². The van der Waals surface area contributed by atoms with Gasteiger partial charge in [0.1, 0.15) is 0 Å². The Bertz CT molecular complexity index is 1050. The van der Waals surface area contributed by atoms with Gasteiger partial charge in [0, 0.05) is 17.5 Å². The lowest BCUT2D eigenvalue weighted by atomic mass is 9.52. The van der Waals surface area contributed by atoms with E-state index in [0.717, 1.165) is 12.1 Å². The molecule has 1 amide bonds. The van der Waals surface area contributed by atoms with Gasteiger partial charge in [0.05, 0.1) is 5.41 Å². The fourth-order valence-electron chi connectivity index (χ4n) is 5.28. The maximum absolute atomic E-state index is 13.6. The average Bonchev–Trinajstić information content (AvgIpc) is 2.71. The second-order valence-electron chi connectivity index (χ2n) is 8.62. The Hall–Kier alpha value is -2.87. The number of carbonyl (C=O) groups is 1. The summed E-state index contributed by atoms with van der Waals surface area (Å²) in [5.41, 5.74) is 8.27. The molecule has 0 radical (unpaired) electrons. The first-order valence-corrected chi connectivity index (χ1v) is 10.1. The number of carbonyl (C=O) groups excluding carboxylic acids is 1. The zero-order chi connectivity index (χ0) is 19.5. The van der Waals surface area contributed by atoms with Crippen LogP contribution in [0.25, 0.3) is 0 Å². The van der Waals surface area contributed by atoms with Crippen molar-refractivity contribution in [1.82, 2.24) is 0 Å². The maximum atomic E-state index is 13.6. The summed E-state index contributed by atoms with van der Waals surface area (Å²) in [6.45, 7) is 6.32. The summed E-state index contributed by atoms with van der Waals surface area (Å²) >= 11 is 0. The van der Waals surface area contributed by atoms with Crippen LogP contribution in [0, 0.1) is 19.3 Å². The van der Waals surface area contributed by atoms with Gasteiger partial charge >= 0.3 is 0 Å². The van der Waals surface area contributed by atoms with Crippen molar-refractivity contribution in [3.05, 3.63) is 100 Å². The fourth-order valence-corrected chi connectivity index (χ4v) is 5.28. The van der Waals surface area contributed by atoms with Crippen molar-refractivity contribution >= 4 is 11.6 Å². The molecular formula is C26H25NO. The van der Waals surface area contributed by atoms with Gasteiger partial charge in [0.2, 0.25) is 5.91 Å². The van der Waals surface area contributed by atoms with Crippen LogP contribution >= 0.6 is 0 Å². The van der Waals surface area contributed by atoms with E-state index in [1.807, 2.05) is 6.07 Å². The third kappa shape index (κ3) is 2.37. The number of anilines is 1. The molecule has 2 nitrogen and oxygen atoms in total. The number of amides is 1. The van der Waals surface area contributed by atoms with Gasteiger partial charge in [-0.1, -0.05) is 54.6 Å². The van der Waals surface area contributed by atoms with E-state index < -0.39 is 5.41 Å². The van der Waals surface area contributed by atoms with E-state index in [4.69, 9.17) is 0 Å². The summed E-state index contributed by atoms with van der Waals surface area (Å²) in [5.74, 6) is 0.499. The van der Waals surface area contributed by atoms with Gasteiger partial charge in [0.25, 0.3) is 0 Å². The molecule has 6 rings (SSSR count). The Morgan fingerprint density at radius 3 is 2.00 bits per heavy atom. The smallest absolute Gasteiger partial charge is 0.231 e. The summed E-state index contributed by atoms with van der Waals surface area (Å²) < 4.78 is 0. The number of benzene rings is 3. The van der Waals surface area contributed by atoms with Gasteiger partial charge in [-0.15, -0.1) is 0 Å². The van der Waals surface area contributed by atoms with Crippen LogP contribution in [-0.4, -0.2) is 5.91 Å². The van der Waals surface area contributed by atoms with Crippen molar-refractivity contribution < 1.29 is 4.79 Å². The van der Waals surface area contributed by atoms with Gasteiger partial charge in [-0.3, -0.25) is 4.79 Å². The molecule has 2 heteroatoms. The van der Waals surface area contributed by atoms with Gasteiger partial charge in [0.15, 0.2) is 0 Å². The van der Waals surface area contributed by atoms with Crippen LogP contribution in [0.3, 0.4) is 0 Å². The molecule has 0 unspecified atom stereocenters. The SMILES string of the molecule is Cc1ccc(NC(=O)[C@]2(C)CC3c4ccccc4C2c2ccccc23)cc1C. The monoisotopic (exact) mass is 367 g/mol. The molecule has 0 spiro atoms. The molecule has 0 aliphatic heterocycles. The van der Waals surface area contributed by atoms with Crippen LogP contribution < -0.4 is 5.32 Å². The summed E-state index contributed by atoms with van der Waals surface area (Å²) in [7, 11) is 0. The Kier molecular flexibility index (Phi) is 3.74. The Morgan fingerprint density at radius 1 is 0.857 bits per heavy atom. The Balaban J connectivity index is 1.59. The highest BCUT2D eigenvalue weighted by Crippen LogP contribution is 2.61. The minimum Gasteiger partial charge on any atom is -0.326 e. The van der Waals surface area contributed by atoms with E-state index in [2.05, 4.69) is 86.8 Å². The number of nitrogens with one attached hydrogen (secondary N) is 1. The molecule has 140 valence electrons. The molecule has 0 saturated heterocycles. The van der Waals surface area contributed by atoms with Gasteiger partial charge in [-0.2, -0.15) is 0 Å². The second-order valence-corrected chi connectivity index (χ2v) is 8.62. The average molecular weight is 367 g/mol. The van der Waals surface area contributed by atoms with Crippen LogP contribution in [0.5, 0.6) is 0 Å². The minimum atomic E-state index is -0.466. The number of aryl methyl sites for hydroxylation is 2. The van der Waals surface area contributed by atoms with Gasteiger partial charge < -0.3 is 5.32 Å². The van der Waals surface area contributed by atoms with E-state index in [9.17, 15) is 4.79 Å². The van der Waals surface area contributed by atoms with Crippen molar-refractivity contribution in [3.8, 4) is 0 Å². The predicted octanol–water partition coefficient (Wildman–Crippen LogP) is 5.93. The predicted molar refractivity (Wildman–Crippen MR) is 114 cm³/mol. The fraction of sp³-hybridized carbons (Fsp3) is 0.269. The highest BCUT2D eigenvalue weighted by atomic mass is 16.2. The summed E-state index contributed by atoms with van der Waals surface area (Å²) in [6.07, 6.45) is 0.850. The lowest BCUT2D eigenvalue weighted by molar-refractivity contribution is -0.126. The maximum Gasteiger partial charge on any atom is 0.231 e. The van der Waals surface area contributed by atoms with Crippen molar-refractivity contribution in [2.24, 2.45) is 5.41 Å². The van der Waals surface area contributed by atoms with E-state index in [0.29, 0.717) is 0 Å². The molecular weight excluding hydrogens is 342 g/mol. The number of hydrogen-bond donors (Lipinski definition) is 1. The Morgan fingerprint density at radius 2 is 1.43 bits per heavy atom. The van der Waals surface area contributed by atoms with E-state index in [1.165, 1.54) is 33.4 Å². The van der Waals surface area contributed by atoms with Crippen molar-refractivity contribution in [3.63, 3.8) is 0 Å². The molecule has 0 aromatic heterocycles. The highest BCUT2D eigenvalue weighted by Gasteiger charge is 2.53. The lowest BCUT2D eigenvalue weighted by Crippen LogP contribution is -2.47. The first-order chi connectivity index (χ1) is 13.5. The van der Waals surface area contributed by atoms with Crippen LogP contribution in [0.1, 0.15) is 58.6 Å². The molecule has 28 heavy (non-hydrogen) atoms. The largest absolute Gasteiger partial charge is 0.326 e. The Labute approximate surface area is 166 Å². The molecule has 1 atom stereocenters. The molecule has 3 aliphatic carbocycles. The van der Waals surface area contributed by atoms with Gasteiger partial charge in [-0.25, -0.2) is 0 Å². The normalized spacial score (nSPS) is 24.4. The first kappa shape index (κ1) is 17.2. The quantitative estimate of drug-likeness (QED) is 0.597. The molecule has 0 saturated carbocycles.